The van der Waals surface area contributed by atoms with Gasteiger partial charge in [-0.05, 0) is 29.8 Å². The number of amides is 1. The zero-order chi connectivity index (χ0) is 17.7. The Morgan fingerprint density at radius 1 is 1.12 bits per heavy atom. The molecular weight excluding hydrogens is 325 g/mol. The van der Waals surface area contributed by atoms with E-state index in [-0.39, 0.29) is 12.1 Å². The molecule has 0 atom stereocenters. The number of hydrogen-bond acceptors (Lipinski definition) is 3. The summed E-state index contributed by atoms with van der Waals surface area (Å²) in [6.45, 7) is -0.701. The molecule has 0 aliphatic carbocycles. The van der Waals surface area contributed by atoms with Crippen LogP contribution >= 0.6 is 0 Å². The van der Waals surface area contributed by atoms with Crippen molar-refractivity contribution in [3.8, 4) is 0 Å². The summed E-state index contributed by atoms with van der Waals surface area (Å²) in [7, 11) is 0. The lowest BCUT2D eigenvalue weighted by Crippen LogP contribution is -2.35. The van der Waals surface area contributed by atoms with E-state index in [9.17, 15) is 22.8 Å². The molecule has 1 aromatic carbocycles. The van der Waals surface area contributed by atoms with Crippen LogP contribution in [0.25, 0.3) is 0 Å². The Hall–Kier alpha value is -2.90. The van der Waals surface area contributed by atoms with Gasteiger partial charge in [-0.25, -0.2) is 0 Å². The Balaban J connectivity index is 2.20. The molecule has 0 saturated carbocycles. The second-order valence-corrected chi connectivity index (χ2v) is 4.99. The summed E-state index contributed by atoms with van der Waals surface area (Å²) >= 11 is 0. The summed E-state index contributed by atoms with van der Waals surface area (Å²) in [6, 6.07) is 7.23. The maximum Gasteiger partial charge on any atom is 0.416 e. The highest BCUT2D eigenvalue weighted by Gasteiger charge is 2.30. The molecule has 0 saturated heterocycles. The topological polar surface area (TPSA) is 70.5 Å². The van der Waals surface area contributed by atoms with Crippen molar-refractivity contribution in [2.75, 3.05) is 6.54 Å². The zero-order valence-corrected chi connectivity index (χ0v) is 12.3. The lowest BCUT2D eigenvalue weighted by molar-refractivity contribution is -0.138. The first-order chi connectivity index (χ1) is 11.3. The lowest BCUT2D eigenvalue weighted by atomic mass is 10.1. The van der Waals surface area contributed by atoms with Crippen LogP contribution in [0.2, 0.25) is 0 Å². The molecule has 0 unspecified atom stereocenters. The number of rotatable bonds is 5. The van der Waals surface area contributed by atoms with E-state index in [0.29, 0.717) is 5.56 Å². The number of carboxylic acids is 1. The SMILES string of the molecule is O=C(O)CN(Cc1ccc(C(F)(F)F)cc1)C(=O)c1cccnc1. The highest BCUT2D eigenvalue weighted by Crippen LogP contribution is 2.29. The van der Waals surface area contributed by atoms with E-state index in [1.165, 1.54) is 36.7 Å². The fourth-order valence-corrected chi connectivity index (χ4v) is 2.05. The number of carbonyl (C=O) groups is 2. The van der Waals surface area contributed by atoms with Gasteiger partial charge in [0, 0.05) is 18.9 Å². The van der Waals surface area contributed by atoms with Crippen LogP contribution in [0.5, 0.6) is 0 Å². The van der Waals surface area contributed by atoms with Gasteiger partial charge in [-0.2, -0.15) is 13.2 Å². The van der Waals surface area contributed by atoms with Crippen LogP contribution in [0.3, 0.4) is 0 Å². The number of nitrogens with zero attached hydrogens (tertiary/aromatic N) is 2. The molecule has 0 spiro atoms. The summed E-state index contributed by atoms with van der Waals surface area (Å²) in [6.07, 6.45) is -1.69. The Morgan fingerprint density at radius 3 is 2.29 bits per heavy atom. The predicted octanol–water partition coefficient (Wildman–Crippen LogP) is 2.83. The molecule has 8 heteroatoms. The number of aromatic nitrogens is 1. The fraction of sp³-hybridized carbons (Fsp3) is 0.188. The minimum absolute atomic E-state index is 0.127. The first-order valence-electron chi connectivity index (χ1n) is 6.84. The van der Waals surface area contributed by atoms with Gasteiger partial charge in [0.25, 0.3) is 5.91 Å². The third-order valence-electron chi connectivity index (χ3n) is 3.18. The van der Waals surface area contributed by atoms with Gasteiger partial charge < -0.3 is 10.0 Å². The Kier molecular flexibility index (Phi) is 5.18. The van der Waals surface area contributed by atoms with Crippen LogP contribution in [0.4, 0.5) is 13.2 Å². The van der Waals surface area contributed by atoms with Crippen molar-refractivity contribution in [3.63, 3.8) is 0 Å². The third kappa shape index (κ3) is 4.55. The molecular formula is C16H13F3N2O3. The van der Waals surface area contributed by atoms with E-state index in [4.69, 9.17) is 5.11 Å². The normalized spacial score (nSPS) is 11.1. The molecule has 2 rings (SSSR count). The number of carbonyl (C=O) groups excluding carboxylic acids is 1. The van der Waals surface area contributed by atoms with Crippen LogP contribution in [0.15, 0.2) is 48.8 Å². The highest BCUT2D eigenvalue weighted by atomic mass is 19.4. The number of carboxylic acid groups (broad SMARTS) is 1. The first-order valence-corrected chi connectivity index (χ1v) is 6.84. The van der Waals surface area contributed by atoms with E-state index in [2.05, 4.69) is 4.98 Å². The average molecular weight is 338 g/mol. The predicted molar refractivity (Wildman–Crippen MR) is 78.1 cm³/mol. The van der Waals surface area contributed by atoms with Crippen LogP contribution in [0, 0.1) is 0 Å². The quantitative estimate of drug-likeness (QED) is 0.910. The third-order valence-corrected chi connectivity index (χ3v) is 3.18. The zero-order valence-electron chi connectivity index (χ0n) is 12.3. The molecule has 5 nitrogen and oxygen atoms in total. The van der Waals surface area contributed by atoms with Crippen LogP contribution < -0.4 is 0 Å². The summed E-state index contributed by atoms with van der Waals surface area (Å²) in [5.41, 5.74) is -0.221. The Labute approximate surface area is 135 Å². The van der Waals surface area contributed by atoms with Crippen molar-refractivity contribution in [1.82, 2.24) is 9.88 Å². The van der Waals surface area contributed by atoms with Crippen molar-refractivity contribution in [1.29, 1.82) is 0 Å². The minimum atomic E-state index is -4.45. The van der Waals surface area contributed by atoms with Crippen molar-refractivity contribution < 1.29 is 27.9 Å². The van der Waals surface area contributed by atoms with Gasteiger partial charge in [-0.15, -0.1) is 0 Å². The summed E-state index contributed by atoms with van der Waals surface area (Å²) in [5.74, 6) is -1.79. The minimum Gasteiger partial charge on any atom is -0.480 e. The van der Waals surface area contributed by atoms with Gasteiger partial charge >= 0.3 is 12.1 Å². The number of alkyl halides is 3. The molecule has 0 radical (unpaired) electrons. The molecule has 1 N–H and O–H groups in total. The van der Waals surface area contributed by atoms with Crippen LogP contribution in [0.1, 0.15) is 21.5 Å². The van der Waals surface area contributed by atoms with E-state index in [1.807, 2.05) is 0 Å². The second kappa shape index (κ2) is 7.12. The lowest BCUT2D eigenvalue weighted by Gasteiger charge is -2.21. The van der Waals surface area contributed by atoms with Gasteiger partial charge in [0.2, 0.25) is 0 Å². The van der Waals surface area contributed by atoms with Crippen LogP contribution in [-0.4, -0.2) is 33.4 Å². The molecule has 1 amide bonds. The molecule has 1 heterocycles. The number of halogens is 3. The summed E-state index contributed by atoms with van der Waals surface area (Å²) < 4.78 is 37.7. The van der Waals surface area contributed by atoms with Crippen LogP contribution in [-0.2, 0) is 17.5 Å². The van der Waals surface area contributed by atoms with Gasteiger partial charge in [0.15, 0.2) is 0 Å². The Morgan fingerprint density at radius 2 is 1.79 bits per heavy atom. The molecule has 0 bridgehead atoms. The van der Waals surface area contributed by atoms with E-state index in [0.717, 1.165) is 17.0 Å². The van der Waals surface area contributed by atoms with E-state index in [1.54, 1.807) is 0 Å². The van der Waals surface area contributed by atoms with Crippen molar-refractivity contribution in [2.45, 2.75) is 12.7 Å². The molecule has 0 aliphatic rings. The maximum atomic E-state index is 12.6. The average Bonchev–Trinajstić information content (AvgIpc) is 2.53. The summed E-state index contributed by atoms with van der Waals surface area (Å²) in [5, 5.41) is 8.95. The highest BCUT2D eigenvalue weighted by molar-refractivity contribution is 5.95. The van der Waals surface area contributed by atoms with E-state index < -0.39 is 30.2 Å². The molecule has 126 valence electrons. The molecule has 1 aromatic heterocycles. The first kappa shape index (κ1) is 17.5. The number of aliphatic carboxylic acids is 1. The monoisotopic (exact) mass is 338 g/mol. The number of hydrogen-bond donors (Lipinski definition) is 1. The standard InChI is InChI=1S/C16H13F3N2O3/c17-16(18,19)13-5-3-11(4-6-13)9-21(10-14(22)23)15(24)12-2-1-7-20-8-12/h1-8H,9-10H2,(H,22,23). The Bertz CT molecular complexity index is 716. The number of benzene rings is 1. The van der Waals surface area contributed by atoms with Gasteiger partial charge in [0.1, 0.15) is 6.54 Å². The molecule has 0 fully saturated rings. The smallest absolute Gasteiger partial charge is 0.416 e. The largest absolute Gasteiger partial charge is 0.480 e. The van der Waals surface area contributed by atoms with E-state index >= 15 is 0 Å². The molecule has 24 heavy (non-hydrogen) atoms. The maximum absolute atomic E-state index is 12.6. The van der Waals surface area contributed by atoms with Gasteiger partial charge in [-0.1, -0.05) is 12.1 Å². The van der Waals surface area contributed by atoms with Crippen molar-refractivity contribution >= 4 is 11.9 Å². The molecule has 0 aliphatic heterocycles. The number of pyridine rings is 1. The van der Waals surface area contributed by atoms with Gasteiger partial charge in [0.05, 0.1) is 11.1 Å². The van der Waals surface area contributed by atoms with Gasteiger partial charge in [-0.3, -0.25) is 14.6 Å². The second-order valence-electron chi connectivity index (χ2n) is 4.99. The molecule has 2 aromatic rings. The summed E-state index contributed by atoms with van der Waals surface area (Å²) in [4.78, 5) is 28.1. The van der Waals surface area contributed by atoms with Crippen molar-refractivity contribution in [2.24, 2.45) is 0 Å². The van der Waals surface area contributed by atoms with Crippen molar-refractivity contribution in [3.05, 3.63) is 65.5 Å². The fourth-order valence-electron chi connectivity index (χ4n) is 2.05.